The zero-order chi connectivity index (χ0) is 10.8. The Balaban J connectivity index is 2.61. The van der Waals surface area contributed by atoms with Crippen LogP contribution in [0.2, 0.25) is 5.02 Å². The summed E-state index contributed by atoms with van der Waals surface area (Å²) in [5.41, 5.74) is 2.18. The third kappa shape index (κ3) is 1.71. The Bertz CT molecular complexity index is 534. The van der Waals surface area contributed by atoms with Crippen LogP contribution in [0.4, 0.5) is 0 Å². The quantitative estimate of drug-likeness (QED) is 0.758. The van der Waals surface area contributed by atoms with E-state index in [2.05, 4.69) is 16.7 Å². The van der Waals surface area contributed by atoms with Crippen LogP contribution in [0.5, 0.6) is 0 Å². The third-order valence-corrected chi connectivity index (χ3v) is 2.83. The van der Waals surface area contributed by atoms with Gasteiger partial charge in [0.05, 0.1) is 23.0 Å². The summed E-state index contributed by atoms with van der Waals surface area (Å²) >= 11 is 6.15. The van der Waals surface area contributed by atoms with Gasteiger partial charge < -0.3 is 4.57 Å². The van der Waals surface area contributed by atoms with Crippen molar-refractivity contribution in [2.75, 3.05) is 0 Å². The molecule has 0 unspecified atom stereocenters. The van der Waals surface area contributed by atoms with Crippen molar-refractivity contribution >= 4 is 22.5 Å². The summed E-state index contributed by atoms with van der Waals surface area (Å²) < 4.78 is 2.10. The number of benzene rings is 1. The average Bonchev–Trinajstić information content (AvgIpc) is 2.53. The van der Waals surface area contributed by atoms with Crippen LogP contribution in [0.25, 0.3) is 10.9 Å². The summed E-state index contributed by atoms with van der Waals surface area (Å²) in [6.45, 7) is 2.74. The van der Waals surface area contributed by atoms with Crippen LogP contribution >= 0.6 is 11.6 Å². The van der Waals surface area contributed by atoms with Gasteiger partial charge in [-0.15, -0.1) is 0 Å². The minimum absolute atomic E-state index is 0.510. The number of rotatable bonds is 2. The molecule has 3 heteroatoms. The van der Waals surface area contributed by atoms with E-state index in [1.54, 1.807) is 0 Å². The molecule has 0 saturated carbocycles. The first-order valence-electron chi connectivity index (χ1n) is 4.85. The lowest BCUT2D eigenvalue weighted by Crippen LogP contribution is -1.99. The highest BCUT2D eigenvalue weighted by Gasteiger charge is 2.07. The van der Waals surface area contributed by atoms with E-state index in [4.69, 9.17) is 16.9 Å². The zero-order valence-corrected chi connectivity index (χ0v) is 9.25. The zero-order valence-electron chi connectivity index (χ0n) is 8.50. The van der Waals surface area contributed by atoms with Gasteiger partial charge in [0.1, 0.15) is 0 Å². The van der Waals surface area contributed by atoms with Gasteiger partial charge in [-0.1, -0.05) is 23.7 Å². The number of aromatic nitrogens is 1. The van der Waals surface area contributed by atoms with Crippen LogP contribution in [0.1, 0.15) is 12.1 Å². The van der Waals surface area contributed by atoms with Crippen molar-refractivity contribution in [1.82, 2.24) is 4.57 Å². The lowest BCUT2D eigenvalue weighted by atomic mass is 10.2. The van der Waals surface area contributed by atoms with E-state index < -0.39 is 0 Å². The van der Waals surface area contributed by atoms with Crippen molar-refractivity contribution in [3.63, 3.8) is 0 Å². The number of nitriles is 1. The van der Waals surface area contributed by atoms with Gasteiger partial charge in [0.25, 0.3) is 0 Å². The van der Waals surface area contributed by atoms with Crippen molar-refractivity contribution in [2.24, 2.45) is 0 Å². The number of fused-ring (bicyclic) bond motifs is 1. The Morgan fingerprint density at radius 1 is 1.47 bits per heavy atom. The largest absolute Gasteiger partial charge is 0.343 e. The van der Waals surface area contributed by atoms with Gasteiger partial charge in [-0.3, -0.25) is 0 Å². The molecule has 2 aromatic rings. The number of para-hydroxylation sites is 1. The minimum atomic E-state index is 0.510. The van der Waals surface area contributed by atoms with E-state index in [9.17, 15) is 0 Å². The fraction of sp³-hybridized carbons (Fsp3) is 0.250. The van der Waals surface area contributed by atoms with Crippen LogP contribution in [0.15, 0.2) is 24.3 Å². The monoisotopic (exact) mass is 218 g/mol. The molecule has 0 radical (unpaired) electrons. The molecule has 0 fully saturated rings. The van der Waals surface area contributed by atoms with Crippen molar-refractivity contribution < 1.29 is 0 Å². The molecule has 1 aromatic carbocycles. The van der Waals surface area contributed by atoms with Crippen LogP contribution in [0, 0.1) is 18.3 Å². The Labute approximate surface area is 93.7 Å². The molecule has 76 valence electrons. The molecule has 0 N–H and O–H groups in total. The van der Waals surface area contributed by atoms with Gasteiger partial charge in [-0.05, 0) is 19.1 Å². The van der Waals surface area contributed by atoms with Gasteiger partial charge in [-0.25, -0.2) is 0 Å². The smallest absolute Gasteiger partial charge is 0.0672 e. The average molecular weight is 219 g/mol. The molecular formula is C12H11ClN2. The Morgan fingerprint density at radius 3 is 3.00 bits per heavy atom. The summed E-state index contributed by atoms with van der Waals surface area (Å²) in [7, 11) is 0. The maximum Gasteiger partial charge on any atom is 0.0672 e. The standard InChI is InChI=1S/C12H11ClN2/c1-9-8-10-4-2-5-11(13)12(10)15(9)7-3-6-14/h2,4-5,8H,3,7H2,1H3. The fourth-order valence-corrected chi connectivity index (χ4v) is 2.15. The second kappa shape index (κ2) is 3.96. The van der Waals surface area contributed by atoms with Gasteiger partial charge in [0.15, 0.2) is 0 Å². The molecule has 0 aliphatic rings. The summed E-state index contributed by atoms with van der Waals surface area (Å²) in [6, 6.07) is 10.1. The first kappa shape index (κ1) is 10.1. The maximum atomic E-state index is 8.60. The molecular weight excluding hydrogens is 208 g/mol. The van der Waals surface area contributed by atoms with Crippen molar-refractivity contribution in [2.45, 2.75) is 19.9 Å². The van der Waals surface area contributed by atoms with Crippen LogP contribution < -0.4 is 0 Å². The normalized spacial score (nSPS) is 10.5. The summed E-state index contributed by atoms with van der Waals surface area (Å²) in [5, 5.41) is 10.5. The van der Waals surface area contributed by atoms with Gasteiger partial charge in [0.2, 0.25) is 0 Å². The molecule has 0 spiro atoms. The molecule has 2 nitrogen and oxygen atoms in total. The molecule has 0 aliphatic carbocycles. The summed E-state index contributed by atoms with van der Waals surface area (Å²) in [5.74, 6) is 0. The maximum absolute atomic E-state index is 8.60. The molecule has 1 heterocycles. The topological polar surface area (TPSA) is 28.7 Å². The van der Waals surface area contributed by atoms with Crippen molar-refractivity contribution in [3.8, 4) is 6.07 Å². The van der Waals surface area contributed by atoms with E-state index in [-0.39, 0.29) is 0 Å². The highest BCUT2D eigenvalue weighted by Crippen LogP contribution is 2.26. The first-order valence-corrected chi connectivity index (χ1v) is 5.23. The fourth-order valence-electron chi connectivity index (χ4n) is 1.86. The van der Waals surface area contributed by atoms with E-state index >= 15 is 0 Å². The SMILES string of the molecule is Cc1cc2cccc(Cl)c2n1CCC#N. The molecule has 2 rings (SSSR count). The number of hydrogen-bond donors (Lipinski definition) is 0. The van der Waals surface area contributed by atoms with E-state index in [1.165, 1.54) is 0 Å². The number of aryl methyl sites for hydroxylation is 2. The minimum Gasteiger partial charge on any atom is -0.343 e. The molecule has 1 aromatic heterocycles. The molecule has 0 amide bonds. The lowest BCUT2D eigenvalue weighted by molar-refractivity contribution is 0.722. The highest BCUT2D eigenvalue weighted by molar-refractivity contribution is 6.35. The van der Waals surface area contributed by atoms with E-state index in [0.29, 0.717) is 13.0 Å². The molecule has 15 heavy (non-hydrogen) atoms. The Kier molecular flexibility index (Phi) is 2.66. The van der Waals surface area contributed by atoms with Crippen molar-refractivity contribution in [1.29, 1.82) is 5.26 Å². The second-order valence-electron chi connectivity index (χ2n) is 3.52. The number of halogens is 1. The second-order valence-corrected chi connectivity index (χ2v) is 3.93. The van der Waals surface area contributed by atoms with Crippen LogP contribution in [-0.4, -0.2) is 4.57 Å². The summed E-state index contributed by atoms with van der Waals surface area (Å²) in [6.07, 6.45) is 0.510. The first-order chi connectivity index (χ1) is 7.24. The van der Waals surface area contributed by atoms with Gasteiger partial charge in [0, 0.05) is 17.6 Å². The van der Waals surface area contributed by atoms with Crippen LogP contribution in [0.3, 0.4) is 0 Å². The van der Waals surface area contributed by atoms with Crippen molar-refractivity contribution in [3.05, 3.63) is 35.0 Å². The molecule has 0 saturated heterocycles. The number of hydrogen-bond acceptors (Lipinski definition) is 1. The Morgan fingerprint density at radius 2 is 2.27 bits per heavy atom. The number of nitrogens with zero attached hydrogens (tertiary/aromatic N) is 2. The summed E-state index contributed by atoms with van der Waals surface area (Å²) in [4.78, 5) is 0. The third-order valence-electron chi connectivity index (χ3n) is 2.53. The van der Waals surface area contributed by atoms with E-state index in [0.717, 1.165) is 21.6 Å². The van der Waals surface area contributed by atoms with Crippen LogP contribution in [-0.2, 0) is 6.54 Å². The predicted molar refractivity (Wildman–Crippen MR) is 61.9 cm³/mol. The highest BCUT2D eigenvalue weighted by atomic mass is 35.5. The predicted octanol–water partition coefficient (Wildman–Crippen LogP) is 3.52. The Hall–Kier alpha value is -1.46. The molecule has 0 aliphatic heterocycles. The van der Waals surface area contributed by atoms with Gasteiger partial charge >= 0.3 is 0 Å². The molecule has 0 atom stereocenters. The van der Waals surface area contributed by atoms with E-state index in [1.807, 2.05) is 25.1 Å². The molecule has 0 bridgehead atoms. The van der Waals surface area contributed by atoms with Gasteiger partial charge in [-0.2, -0.15) is 5.26 Å². The lowest BCUT2D eigenvalue weighted by Gasteiger charge is -2.06.